The second kappa shape index (κ2) is 8.95. The van der Waals surface area contributed by atoms with E-state index >= 15 is 0 Å². The molecule has 2 N–H and O–H groups in total. The number of carbonyl (C=O) groups is 1. The smallest absolute Gasteiger partial charge is 0.221 e. The van der Waals surface area contributed by atoms with Crippen molar-refractivity contribution in [2.45, 2.75) is 25.3 Å². The maximum Gasteiger partial charge on any atom is 0.221 e. The summed E-state index contributed by atoms with van der Waals surface area (Å²) >= 11 is 0. The molecule has 4 nitrogen and oxygen atoms in total. The van der Waals surface area contributed by atoms with E-state index in [2.05, 4.69) is 29.7 Å². The molecule has 0 aliphatic carbocycles. The van der Waals surface area contributed by atoms with E-state index in [0.29, 0.717) is 25.5 Å². The monoisotopic (exact) mass is 298 g/mol. The third-order valence-electron chi connectivity index (χ3n) is 3.40. The average molecular weight is 299 g/mol. The Labute approximate surface area is 126 Å². The third kappa shape index (κ3) is 5.49. The second-order valence-corrected chi connectivity index (χ2v) is 5.05. The Morgan fingerprint density at radius 1 is 1.45 bits per heavy atom. The fourth-order valence-corrected chi connectivity index (χ4v) is 2.21. The molecule has 1 fully saturated rings. The molecule has 0 spiro atoms. The van der Waals surface area contributed by atoms with Crippen LogP contribution in [0.2, 0.25) is 0 Å². The topological polar surface area (TPSA) is 50.4 Å². The second-order valence-electron chi connectivity index (χ2n) is 5.05. The summed E-state index contributed by atoms with van der Waals surface area (Å²) in [5, 5.41) is 6.28. The highest BCUT2D eigenvalue weighted by Crippen LogP contribution is 2.13. The predicted molar refractivity (Wildman–Crippen MR) is 82.3 cm³/mol. The predicted octanol–water partition coefficient (Wildman–Crippen LogP) is 1.71. The van der Waals surface area contributed by atoms with Crippen LogP contribution in [0.1, 0.15) is 24.8 Å². The lowest BCUT2D eigenvalue weighted by Crippen LogP contribution is -2.44. The van der Waals surface area contributed by atoms with Gasteiger partial charge in [-0.1, -0.05) is 37.3 Å². The minimum Gasteiger partial charge on any atom is -0.378 e. The number of halogens is 1. The third-order valence-corrected chi connectivity index (χ3v) is 3.40. The van der Waals surface area contributed by atoms with E-state index in [-0.39, 0.29) is 24.4 Å². The van der Waals surface area contributed by atoms with E-state index in [1.54, 1.807) is 0 Å². The summed E-state index contributed by atoms with van der Waals surface area (Å²) in [4.78, 5) is 11.8. The summed E-state index contributed by atoms with van der Waals surface area (Å²) in [5.41, 5.74) is 1.25. The molecule has 0 bridgehead atoms. The van der Waals surface area contributed by atoms with Gasteiger partial charge < -0.3 is 15.4 Å². The highest BCUT2D eigenvalue weighted by Gasteiger charge is 2.17. The van der Waals surface area contributed by atoms with Gasteiger partial charge in [-0.25, -0.2) is 0 Å². The number of hydrogen-bond donors (Lipinski definition) is 2. The van der Waals surface area contributed by atoms with Crippen LogP contribution in [0.15, 0.2) is 30.3 Å². The summed E-state index contributed by atoms with van der Waals surface area (Å²) in [6.45, 7) is 5.00. The minimum absolute atomic E-state index is 0. The Morgan fingerprint density at radius 3 is 2.85 bits per heavy atom. The first kappa shape index (κ1) is 17.0. The molecule has 2 rings (SSSR count). The average Bonchev–Trinajstić information content (AvgIpc) is 2.47. The number of carbonyl (C=O) groups excluding carboxylic acids is 1. The number of nitrogens with one attached hydrogen (secondary N) is 2. The molecule has 1 heterocycles. The number of ether oxygens (including phenoxy) is 1. The Morgan fingerprint density at radius 2 is 2.20 bits per heavy atom. The molecule has 1 aliphatic heterocycles. The quantitative estimate of drug-likeness (QED) is 0.870. The fourth-order valence-electron chi connectivity index (χ4n) is 2.21. The van der Waals surface area contributed by atoms with Crippen LogP contribution in [0, 0.1) is 0 Å². The van der Waals surface area contributed by atoms with Gasteiger partial charge in [-0.3, -0.25) is 4.79 Å². The SMILES string of the molecule is CC(CNC(=O)CC1COCCN1)c1ccccc1.Cl. The minimum atomic E-state index is 0. The van der Waals surface area contributed by atoms with Crippen molar-refractivity contribution in [1.29, 1.82) is 0 Å². The van der Waals surface area contributed by atoms with Gasteiger partial charge >= 0.3 is 0 Å². The molecule has 0 saturated carbocycles. The molecular weight excluding hydrogens is 276 g/mol. The fraction of sp³-hybridized carbons (Fsp3) is 0.533. The number of rotatable bonds is 5. The number of morpholine rings is 1. The first-order valence-electron chi connectivity index (χ1n) is 6.88. The van der Waals surface area contributed by atoms with Crippen LogP contribution >= 0.6 is 12.4 Å². The largest absolute Gasteiger partial charge is 0.378 e. The number of benzene rings is 1. The van der Waals surface area contributed by atoms with Crippen LogP contribution in [0.25, 0.3) is 0 Å². The molecule has 5 heteroatoms. The van der Waals surface area contributed by atoms with Crippen LogP contribution in [-0.4, -0.2) is 38.3 Å². The summed E-state index contributed by atoms with van der Waals surface area (Å²) in [6, 6.07) is 10.4. The first-order valence-corrected chi connectivity index (χ1v) is 6.88. The molecule has 2 atom stereocenters. The highest BCUT2D eigenvalue weighted by atomic mass is 35.5. The Kier molecular flexibility index (Phi) is 7.59. The van der Waals surface area contributed by atoms with Crippen molar-refractivity contribution in [2.24, 2.45) is 0 Å². The molecule has 112 valence electrons. The van der Waals surface area contributed by atoms with Crippen molar-refractivity contribution in [2.75, 3.05) is 26.3 Å². The Hall–Kier alpha value is -1.10. The summed E-state index contributed by atoms with van der Waals surface area (Å²) < 4.78 is 5.34. The van der Waals surface area contributed by atoms with Crippen LogP contribution in [-0.2, 0) is 9.53 Å². The Bertz CT molecular complexity index is 394. The molecule has 1 amide bonds. The Balaban J connectivity index is 0.00000200. The zero-order chi connectivity index (χ0) is 13.5. The lowest BCUT2D eigenvalue weighted by Gasteiger charge is -2.23. The van der Waals surface area contributed by atoms with Gasteiger partial charge in [-0.05, 0) is 11.5 Å². The molecular formula is C15H23ClN2O2. The van der Waals surface area contributed by atoms with Crippen molar-refractivity contribution in [3.05, 3.63) is 35.9 Å². The van der Waals surface area contributed by atoms with Crippen molar-refractivity contribution >= 4 is 18.3 Å². The van der Waals surface area contributed by atoms with Gasteiger partial charge in [0.1, 0.15) is 0 Å². The first-order chi connectivity index (χ1) is 9.25. The lowest BCUT2D eigenvalue weighted by molar-refractivity contribution is -0.122. The van der Waals surface area contributed by atoms with Crippen molar-refractivity contribution in [3.63, 3.8) is 0 Å². The normalized spacial score (nSPS) is 19.8. The molecule has 1 aliphatic rings. The number of amides is 1. The van der Waals surface area contributed by atoms with Crippen LogP contribution in [0.3, 0.4) is 0 Å². The molecule has 0 aromatic heterocycles. The van der Waals surface area contributed by atoms with Gasteiger partial charge in [0.05, 0.1) is 13.2 Å². The molecule has 20 heavy (non-hydrogen) atoms. The number of hydrogen-bond acceptors (Lipinski definition) is 3. The van der Waals surface area contributed by atoms with Gasteiger partial charge in [-0.15, -0.1) is 12.4 Å². The molecule has 1 saturated heterocycles. The zero-order valence-electron chi connectivity index (χ0n) is 11.8. The molecule has 1 aromatic carbocycles. The van der Waals surface area contributed by atoms with Crippen LogP contribution in [0.4, 0.5) is 0 Å². The van der Waals surface area contributed by atoms with Gasteiger partial charge in [0, 0.05) is 25.6 Å². The van der Waals surface area contributed by atoms with E-state index in [1.165, 1.54) is 5.56 Å². The maximum absolute atomic E-state index is 11.8. The molecule has 2 unspecified atom stereocenters. The summed E-state index contributed by atoms with van der Waals surface area (Å²) in [5.74, 6) is 0.423. The molecule has 0 radical (unpaired) electrons. The van der Waals surface area contributed by atoms with E-state index in [4.69, 9.17) is 4.74 Å². The van der Waals surface area contributed by atoms with Crippen molar-refractivity contribution < 1.29 is 9.53 Å². The van der Waals surface area contributed by atoms with Gasteiger partial charge in [0.25, 0.3) is 0 Å². The van der Waals surface area contributed by atoms with Crippen LogP contribution < -0.4 is 10.6 Å². The van der Waals surface area contributed by atoms with E-state index in [9.17, 15) is 4.79 Å². The summed E-state index contributed by atoms with van der Waals surface area (Å²) in [7, 11) is 0. The molecule has 1 aromatic rings. The van der Waals surface area contributed by atoms with Gasteiger partial charge in [-0.2, -0.15) is 0 Å². The van der Waals surface area contributed by atoms with E-state index in [0.717, 1.165) is 13.2 Å². The van der Waals surface area contributed by atoms with Gasteiger partial charge in [0.15, 0.2) is 0 Å². The standard InChI is InChI=1S/C15H22N2O2.ClH/c1-12(13-5-3-2-4-6-13)10-17-15(18)9-14-11-19-8-7-16-14;/h2-6,12,14,16H,7-11H2,1H3,(H,17,18);1H. The van der Waals surface area contributed by atoms with E-state index in [1.807, 2.05) is 18.2 Å². The van der Waals surface area contributed by atoms with Crippen molar-refractivity contribution in [3.8, 4) is 0 Å². The van der Waals surface area contributed by atoms with Crippen molar-refractivity contribution in [1.82, 2.24) is 10.6 Å². The van der Waals surface area contributed by atoms with Crippen LogP contribution in [0.5, 0.6) is 0 Å². The highest BCUT2D eigenvalue weighted by molar-refractivity contribution is 5.85. The van der Waals surface area contributed by atoms with E-state index < -0.39 is 0 Å². The lowest BCUT2D eigenvalue weighted by atomic mass is 10.0. The zero-order valence-corrected chi connectivity index (χ0v) is 12.6. The maximum atomic E-state index is 11.8. The summed E-state index contributed by atoms with van der Waals surface area (Å²) in [6.07, 6.45) is 0.488. The van der Waals surface area contributed by atoms with Gasteiger partial charge in [0.2, 0.25) is 5.91 Å².